The number of benzene rings is 2. The SMILES string of the molecule is CCN(CC)C(=O)Nc1ccc(OCc2ccc(Cl)cc2)cc1. The molecule has 2 rings (SSSR count). The number of hydrogen-bond donors (Lipinski definition) is 1. The Morgan fingerprint density at radius 3 is 2.22 bits per heavy atom. The van der Waals surface area contributed by atoms with Crippen molar-refractivity contribution in [1.82, 2.24) is 4.90 Å². The quantitative estimate of drug-likeness (QED) is 0.826. The summed E-state index contributed by atoms with van der Waals surface area (Å²) in [5, 5.41) is 3.58. The van der Waals surface area contributed by atoms with E-state index < -0.39 is 0 Å². The van der Waals surface area contributed by atoms with Crippen LogP contribution in [0.5, 0.6) is 5.75 Å². The van der Waals surface area contributed by atoms with Gasteiger partial charge in [-0.1, -0.05) is 23.7 Å². The minimum absolute atomic E-state index is 0.0927. The molecule has 4 nitrogen and oxygen atoms in total. The van der Waals surface area contributed by atoms with Crippen LogP contribution in [0, 0.1) is 0 Å². The molecule has 2 amide bonds. The van der Waals surface area contributed by atoms with E-state index in [0.717, 1.165) is 17.0 Å². The molecule has 1 N–H and O–H groups in total. The maximum Gasteiger partial charge on any atom is 0.321 e. The lowest BCUT2D eigenvalue weighted by atomic mass is 10.2. The number of amides is 2. The summed E-state index contributed by atoms with van der Waals surface area (Å²) >= 11 is 5.85. The third-order valence-corrected chi connectivity index (χ3v) is 3.73. The minimum atomic E-state index is -0.0927. The van der Waals surface area contributed by atoms with Crippen molar-refractivity contribution in [2.75, 3.05) is 18.4 Å². The van der Waals surface area contributed by atoms with Gasteiger partial charge in [-0.2, -0.15) is 0 Å². The van der Waals surface area contributed by atoms with Crippen LogP contribution >= 0.6 is 11.6 Å². The Bertz CT molecular complexity index is 622. The van der Waals surface area contributed by atoms with Gasteiger partial charge >= 0.3 is 6.03 Å². The van der Waals surface area contributed by atoms with Crippen LogP contribution in [0.1, 0.15) is 19.4 Å². The molecule has 0 aliphatic heterocycles. The molecule has 0 heterocycles. The van der Waals surface area contributed by atoms with Crippen molar-refractivity contribution in [3.63, 3.8) is 0 Å². The van der Waals surface area contributed by atoms with Crippen molar-refractivity contribution in [3.05, 3.63) is 59.1 Å². The summed E-state index contributed by atoms with van der Waals surface area (Å²) in [6.45, 7) is 5.76. The second-order valence-electron chi connectivity index (χ2n) is 5.04. The second-order valence-corrected chi connectivity index (χ2v) is 5.48. The van der Waals surface area contributed by atoms with Crippen LogP contribution in [0.4, 0.5) is 10.5 Å². The van der Waals surface area contributed by atoms with Gasteiger partial charge in [0.15, 0.2) is 0 Å². The fraction of sp³-hybridized carbons (Fsp3) is 0.278. The highest BCUT2D eigenvalue weighted by Gasteiger charge is 2.09. The lowest BCUT2D eigenvalue weighted by Crippen LogP contribution is -2.34. The van der Waals surface area contributed by atoms with E-state index in [2.05, 4.69) is 5.32 Å². The highest BCUT2D eigenvalue weighted by Crippen LogP contribution is 2.18. The van der Waals surface area contributed by atoms with Gasteiger partial charge in [0.05, 0.1) is 0 Å². The Morgan fingerprint density at radius 1 is 1.04 bits per heavy atom. The zero-order valence-corrected chi connectivity index (χ0v) is 14.1. The van der Waals surface area contributed by atoms with Gasteiger partial charge < -0.3 is 15.0 Å². The first-order valence-electron chi connectivity index (χ1n) is 7.65. The number of carbonyl (C=O) groups excluding carboxylic acids is 1. The fourth-order valence-electron chi connectivity index (χ4n) is 2.10. The summed E-state index contributed by atoms with van der Waals surface area (Å²) in [4.78, 5) is 13.7. The first-order valence-corrected chi connectivity index (χ1v) is 8.03. The predicted molar refractivity (Wildman–Crippen MR) is 94.2 cm³/mol. The molecule has 0 saturated heterocycles. The number of hydrogen-bond acceptors (Lipinski definition) is 2. The maximum atomic E-state index is 12.0. The minimum Gasteiger partial charge on any atom is -0.489 e. The highest BCUT2D eigenvalue weighted by atomic mass is 35.5. The van der Waals surface area contributed by atoms with Crippen LogP contribution in [0.15, 0.2) is 48.5 Å². The van der Waals surface area contributed by atoms with Crippen LogP contribution in [0.3, 0.4) is 0 Å². The molecule has 0 bridgehead atoms. The summed E-state index contributed by atoms with van der Waals surface area (Å²) in [5.74, 6) is 0.751. The largest absolute Gasteiger partial charge is 0.489 e. The first-order chi connectivity index (χ1) is 11.1. The maximum absolute atomic E-state index is 12.0. The van der Waals surface area contributed by atoms with E-state index in [-0.39, 0.29) is 6.03 Å². The summed E-state index contributed by atoms with van der Waals surface area (Å²) in [5.41, 5.74) is 1.80. The van der Waals surface area contributed by atoms with Gasteiger partial charge in [-0.05, 0) is 55.8 Å². The lowest BCUT2D eigenvalue weighted by molar-refractivity contribution is 0.217. The van der Waals surface area contributed by atoms with Crippen LogP contribution in [-0.4, -0.2) is 24.0 Å². The Balaban J connectivity index is 1.89. The molecule has 5 heteroatoms. The van der Waals surface area contributed by atoms with Crippen LogP contribution in [-0.2, 0) is 6.61 Å². The van der Waals surface area contributed by atoms with Gasteiger partial charge in [-0.3, -0.25) is 0 Å². The fourth-order valence-corrected chi connectivity index (χ4v) is 2.22. The smallest absolute Gasteiger partial charge is 0.321 e. The summed E-state index contributed by atoms with van der Waals surface area (Å²) < 4.78 is 5.72. The van der Waals surface area contributed by atoms with E-state index in [1.165, 1.54) is 0 Å². The van der Waals surface area contributed by atoms with Gasteiger partial charge in [0.1, 0.15) is 12.4 Å². The van der Waals surface area contributed by atoms with Crippen molar-refractivity contribution in [1.29, 1.82) is 0 Å². The molecular weight excluding hydrogens is 312 g/mol. The van der Waals surface area contributed by atoms with Crippen LogP contribution in [0.2, 0.25) is 5.02 Å². The van der Waals surface area contributed by atoms with E-state index in [0.29, 0.717) is 24.7 Å². The molecule has 0 fully saturated rings. The highest BCUT2D eigenvalue weighted by molar-refractivity contribution is 6.30. The van der Waals surface area contributed by atoms with Gasteiger partial charge in [0.2, 0.25) is 0 Å². The topological polar surface area (TPSA) is 41.6 Å². The van der Waals surface area contributed by atoms with Crippen molar-refractivity contribution in [2.45, 2.75) is 20.5 Å². The molecule has 0 aliphatic carbocycles. The molecule has 0 unspecified atom stereocenters. The third-order valence-electron chi connectivity index (χ3n) is 3.48. The predicted octanol–water partition coefficient (Wildman–Crippen LogP) is 4.79. The van der Waals surface area contributed by atoms with Gasteiger partial charge in [-0.15, -0.1) is 0 Å². The van der Waals surface area contributed by atoms with E-state index in [9.17, 15) is 4.79 Å². The summed E-state index contributed by atoms with van der Waals surface area (Å²) in [7, 11) is 0. The molecule has 0 aliphatic rings. The molecule has 23 heavy (non-hydrogen) atoms. The molecule has 0 radical (unpaired) electrons. The number of ether oxygens (including phenoxy) is 1. The Morgan fingerprint density at radius 2 is 1.65 bits per heavy atom. The molecule has 0 spiro atoms. The van der Waals surface area contributed by atoms with Crippen molar-refractivity contribution in [3.8, 4) is 5.75 Å². The summed E-state index contributed by atoms with van der Waals surface area (Å²) in [6, 6.07) is 14.8. The molecule has 0 aromatic heterocycles. The van der Waals surface area contributed by atoms with E-state index in [4.69, 9.17) is 16.3 Å². The molecule has 2 aromatic carbocycles. The van der Waals surface area contributed by atoms with Crippen molar-refractivity contribution < 1.29 is 9.53 Å². The zero-order valence-electron chi connectivity index (χ0n) is 13.4. The number of carbonyl (C=O) groups is 1. The third kappa shape index (κ3) is 5.18. The molecule has 0 saturated carbocycles. The molecule has 122 valence electrons. The Kier molecular flexibility index (Phi) is 6.29. The van der Waals surface area contributed by atoms with Crippen molar-refractivity contribution in [2.24, 2.45) is 0 Å². The van der Waals surface area contributed by atoms with E-state index in [1.54, 1.807) is 4.90 Å². The Labute approximate surface area is 142 Å². The Hall–Kier alpha value is -2.20. The summed E-state index contributed by atoms with van der Waals surface area (Å²) in [6.07, 6.45) is 0. The van der Waals surface area contributed by atoms with E-state index in [1.807, 2.05) is 62.4 Å². The van der Waals surface area contributed by atoms with Gasteiger partial charge in [0, 0.05) is 23.8 Å². The number of halogens is 1. The number of urea groups is 1. The monoisotopic (exact) mass is 332 g/mol. The number of nitrogens with one attached hydrogen (secondary N) is 1. The van der Waals surface area contributed by atoms with Gasteiger partial charge in [-0.25, -0.2) is 4.79 Å². The van der Waals surface area contributed by atoms with E-state index >= 15 is 0 Å². The van der Waals surface area contributed by atoms with Crippen LogP contribution < -0.4 is 10.1 Å². The van der Waals surface area contributed by atoms with Crippen LogP contribution in [0.25, 0.3) is 0 Å². The zero-order chi connectivity index (χ0) is 16.7. The second kappa shape index (κ2) is 8.44. The normalized spacial score (nSPS) is 10.2. The number of rotatable bonds is 6. The lowest BCUT2D eigenvalue weighted by Gasteiger charge is -2.19. The number of anilines is 1. The molecule has 0 atom stereocenters. The standard InChI is InChI=1S/C18H21ClN2O2/c1-3-21(4-2)18(22)20-16-9-11-17(12-10-16)23-13-14-5-7-15(19)8-6-14/h5-12H,3-4,13H2,1-2H3,(H,20,22). The van der Waals surface area contributed by atoms with Gasteiger partial charge in [0.25, 0.3) is 0 Å². The first kappa shape index (κ1) is 17.2. The molecular formula is C18H21ClN2O2. The average molecular weight is 333 g/mol. The number of nitrogens with zero attached hydrogens (tertiary/aromatic N) is 1. The van der Waals surface area contributed by atoms with Crippen molar-refractivity contribution >= 4 is 23.3 Å². The average Bonchev–Trinajstić information content (AvgIpc) is 2.57. The molecule has 2 aromatic rings.